The van der Waals surface area contributed by atoms with Crippen molar-refractivity contribution in [2.75, 3.05) is 5.32 Å². The Kier molecular flexibility index (Phi) is 3.38. The molecule has 1 aromatic rings. The van der Waals surface area contributed by atoms with Gasteiger partial charge in [-0.3, -0.25) is 14.9 Å². The highest BCUT2D eigenvalue weighted by atomic mass is 16.6. The summed E-state index contributed by atoms with van der Waals surface area (Å²) in [5, 5.41) is 13.2. The number of anilines is 1. The van der Waals surface area contributed by atoms with Gasteiger partial charge in [-0.25, -0.2) is 0 Å². The molecule has 0 aromatic heterocycles. The third-order valence-corrected chi connectivity index (χ3v) is 2.10. The molecule has 0 saturated heterocycles. The van der Waals surface area contributed by atoms with E-state index in [4.69, 9.17) is 0 Å². The monoisotopic (exact) mass is 208 g/mol. The molecule has 0 fully saturated rings. The Bertz CT molecular complexity index is 402. The average Bonchev–Trinajstić information content (AvgIpc) is 2.20. The molecule has 80 valence electrons. The number of hydrogen-bond donors (Lipinski definition) is 1. The number of benzene rings is 1. The third-order valence-electron chi connectivity index (χ3n) is 2.10. The van der Waals surface area contributed by atoms with Crippen molar-refractivity contribution in [3.05, 3.63) is 33.9 Å². The van der Waals surface area contributed by atoms with Gasteiger partial charge >= 0.3 is 0 Å². The molecule has 1 amide bonds. The molecule has 0 unspecified atom stereocenters. The van der Waals surface area contributed by atoms with Crippen molar-refractivity contribution < 1.29 is 9.72 Å². The molecule has 5 heteroatoms. The zero-order valence-corrected chi connectivity index (χ0v) is 8.61. The van der Waals surface area contributed by atoms with Crippen LogP contribution in [0.3, 0.4) is 0 Å². The first-order chi connectivity index (χ1) is 7.06. The molecule has 1 aromatic carbocycles. The van der Waals surface area contributed by atoms with E-state index < -0.39 is 4.92 Å². The van der Waals surface area contributed by atoms with Gasteiger partial charge in [0.25, 0.3) is 5.69 Å². The van der Waals surface area contributed by atoms with E-state index in [9.17, 15) is 14.9 Å². The molecule has 1 rings (SSSR count). The van der Waals surface area contributed by atoms with Crippen LogP contribution in [0.25, 0.3) is 0 Å². The van der Waals surface area contributed by atoms with Gasteiger partial charge in [0, 0.05) is 12.5 Å². The van der Waals surface area contributed by atoms with E-state index in [0.717, 1.165) is 0 Å². The standard InChI is InChI=1S/C10H12N2O3/c1-3-10(13)11-8-5-4-6-9(7(8)2)12(14)15/h4-6H,3H2,1-2H3,(H,11,13). The topological polar surface area (TPSA) is 72.2 Å². The number of amides is 1. The van der Waals surface area contributed by atoms with Gasteiger partial charge in [-0.05, 0) is 13.0 Å². The van der Waals surface area contributed by atoms with Crippen molar-refractivity contribution in [3.8, 4) is 0 Å². The summed E-state index contributed by atoms with van der Waals surface area (Å²) in [4.78, 5) is 21.3. The van der Waals surface area contributed by atoms with Crippen molar-refractivity contribution >= 4 is 17.3 Å². The molecule has 0 aliphatic rings. The number of rotatable bonds is 3. The lowest BCUT2D eigenvalue weighted by atomic mass is 10.1. The molecule has 0 aliphatic heterocycles. The largest absolute Gasteiger partial charge is 0.326 e. The van der Waals surface area contributed by atoms with Gasteiger partial charge in [0.2, 0.25) is 5.91 Å². The SMILES string of the molecule is CCC(=O)Nc1cccc([N+](=O)[O-])c1C. The molecule has 0 radical (unpaired) electrons. The summed E-state index contributed by atoms with van der Waals surface area (Å²) in [6.45, 7) is 3.34. The molecular formula is C10H12N2O3. The van der Waals surface area contributed by atoms with E-state index in [1.54, 1.807) is 26.0 Å². The predicted molar refractivity (Wildman–Crippen MR) is 56.8 cm³/mol. The second-order valence-electron chi connectivity index (χ2n) is 3.11. The summed E-state index contributed by atoms with van der Waals surface area (Å²) in [7, 11) is 0. The fraction of sp³-hybridized carbons (Fsp3) is 0.300. The normalized spacial score (nSPS) is 9.73. The number of carbonyl (C=O) groups is 1. The van der Waals surface area contributed by atoms with Crippen molar-refractivity contribution in [1.29, 1.82) is 0 Å². The summed E-state index contributed by atoms with van der Waals surface area (Å²) in [6, 6.07) is 4.61. The zero-order chi connectivity index (χ0) is 11.4. The fourth-order valence-electron chi connectivity index (χ4n) is 1.20. The number of carbonyl (C=O) groups excluding carboxylic acids is 1. The molecule has 0 saturated carbocycles. The Balaban J connectivity index is 3.04. The summed E-state index contributed by atoms with van der Waals surface area (Å²) in [5.74, 6) is -0.154. The van der Waals surface area contributed by atoms with Crippen LogP contribution >= 0.6 is 0 Å². The first-order valence-corrected chi connectivity index (χ1v) is 4.60. The number of nitrogens with one attached hydrogen (secondary N) is 1. The summed E-state index contributed by atoms with van der Waals surface area (Å²) in [6.07, 6.45) is 0.349. The van der Waals surface area contributed by atoms with Gasteiger partial charge in [-0.1, -0.05) is 13.0 Å². The second kappa shape index (κ2) is 4.54. The summed E-state index contributed by atoms with van der Waals surface area (Å²) >= 11 is 0. The van der Waals surface area contributed by atoms with Crippen LogP contribution in [-0.4, -0.2) is 10.8 Å². The summed E-state index contributed by atoms with van der Waals surface area (Å²) in [5.41, 5.74) is 0.990. The van der Waals surface area contributed by atoms with Gasteiger partial charge in [0.1, 0.15) is 0 Å². The van der Waals surface area contributed by atoms with E-state index in [0.29, 0.717) is 17.7 Å². The number of hydrogen-bond acceptors (Lipinski definition) is 3. The van der Waals surface area contributed by atoms with E-state index in [2.05, 4.69) is 5.32 Å². The smallest absolute Gasteiger partial charge is 0.274 e. The van der Waals surface area contributed by atoms with E-state index in [1.165, 1.54) is 6.07 Å². The first-order valence-electron chi connectivity index (χ1n) is 4.60. The van der Waals surface area contributed by atoms with Gasteiger partial charge in [-0.15, -0.1) is 0 Å². The number of nitro benzene ring substituents is 1. The maximum Gasteiger partial charge on any atom is 0.274 e. The van der Waals surface area contributed by atoms with Gasteiger partial charge in [0.05, 0.1) is 16.2 Å². The Labute approximate surface area is 87.3 Å². The molecule has 0 heterocycles. The van der Waals surface area contributed by atoms with E-state index in [1.807, 2.05) is 0 Å². The quantitative estimate of drug-likeness (QED) is 0.611. The summed E-state index contributed by atoms with van der Waals surface area (Å²) < 4.78 is 0. The van der Waals surface area contributed by atoms with Crippen LogP contribution in [0.2, 0.25) is 0 Å². The second-order valence-corrected chi connectivity index (χ2v) is 3.11. The first kappa shape index (κ1) is 11.2. The van der Waals surface area contributed by atoms with Crippen LogP contribution in [-0.2, 0) is 4.79 Å². The molecule has 5 nitrogen and oxygen atoms in total. The van der Waals surface area contributed by atoms with E-state index in [-0.39, 0.29) is 11.6 Å². The van der Waals surface area contributed by atoms with Crippen LogP contribution in [0.4, 0.5) is 11.4 Å². The Morgan fingerprint density at radius 1 is 1.53 bits per heavy atom. The Morgan fingerprint density at radius 2 is 2.20 bits per heavy atom. The highest BCUT2D eigenvalue weighted by Crippen LogP contribution is 2.24. The van der Waals surface area contributed by atoms with Crippen LogP contribution in [0.15, 0.2) is 18.2 Å². The third kappa shape index (κ3) is 2.52. The van der Waals surface area contributed by atoms with Crippen LogP contribution in [0.5, 0.6) is 0 Å². The minimum Gasteiger partial charge on any atom is -0.326 e. The lowest BCUT2D eigenvalue weighted by Crippen LogP contribution is -2.11. The minimum atomic E-state index is -0.461. The maximum absolute atomic E-state index is 11.1. The number of nitro groups is 1. The van der Waals surface area contributed by atoms with Gasteiger partial charge in [-0.2, -0.15) is 0 Å². The van der Waals surface area contributed by atoms with Crippen molar-refractivity contribution in [2.45, 2.75) is 20.3 Å². The van der Waals surface area contributed by atoms with Crippen molar-refractivity contribution in [1.82, 2.24) is 0 Å². The van der Waals surface area contributed by atoms with Crippen molar-refractivity contribution in [2.24, 2.45) is 0 Å². The van der Waals surface area contributed by atoms with Crippen LogP contribution in [0.1, 0.15) is 18.9 Å². The molecule has 0 atom stereocenters. The molecule has 1 N–H and O–H groups in total. The fourth-order valence-corrected chi connectivity index (χ4v) is 1.20. The van der Waals surface area contributed by atoms with Gasteiger partial charge in [0.15, 0.2) is 0 Å². The zero-order valence-electron chi connectivity index (χ0n) is 8.61. The van der Waals surface area contributed by atoms with Crippen molar-refractivity contribution in [3.63, 3.8) is 0 Å². The maximum atomic E-state index is 11.1. The molecule has 0 aliphatic carbocycles. The predicted octanol–water partition coefficient (Wildman–Crippen LogP) is 2.25. The molecule has 0 spiro atoms. The van der Waals surface area contributed by atoms with Crippen LogP contribution in [0, 0.1) is 17.0 Å². The Hall–Kier alpha value is -1.91. The molecule has 15 heavy (non-hydrogen) atoms. The van der Waals surface area contributed by atoms with Gasteiger partial charge < -0.3 is 5.32 Å². The molecule has 0 bridgehead atoms. The van der Waals surface area contributed by atoms with E-state index >= 15 is 0 Å². The molecular weight excluding hydrogens is 196 g/mol. The highest BCUT2D eigenvalue weighted by molar-refractivity contribution is 5.91. The average molecular weight is 208 g/mol. The highest BCUT2D eigenvalue weighted by Gasteiger charge is 2.13. The minimum absolute atomic E-state index is 0.0175. The Morgan fingerprint density at radius 3 is 2.73 bits per heavy atom. The lowest BCUT2D eigenvalue weighted by molar-refractivity contribution is -0.385. The number of nitrogens with zero attached hydrogens (tertiary/aromatic N) is 1. The lowest BCUT2D eigenvalue weighted by Gasteiger charge is -2.06. The van der Waals surface area contributed by atoms with Crippen LogP contribution < -0.4 is 5.32 Å².